The molecule has 2 heterocycles. The van der Waals surface area contributed by atoms with Crippen molar-refractivity contribution in [3.05, 3.63) is 56.1 Å². The highest BCUT2D eigenvalue weighted by Crippen LogP contribution is 2.21. The third-order valence-corrected chi connectivity index (χ3v) is 4.57. The number of hydrogen-bond acceptors (Lipinski definition) is 4. The molecule has 3 aromatic rings. The third kappa shape index (κ3) is 2.42. The van der Waals surface area contributed by atoms with Crippen LogP contribution < -0.4 is 10.1 Å². The van der Waals surface area contributed by atoms with Crippen LogP contribution in [0.15, 0.2) is 35.1 Å². The first-order chi connectivity index (χ1) is 10.5. The monoisotopic (exact) mass is 313 g/mol. The van der Waals surface area contributed by atoms with Crippen molar-refractivity contribution in [1.82, 2.24) is 9.78 Å². The van der Waals surface area contributed by atoms with Gasteiger partial charge in [-0.1, -0.05) is 29.5 Å². The maximum absolute atomic E-state index is 12.4. The van der Waals surface area contributed by atoms with Gasteiger partial charge in [-0.15, -0.1) is 0 Å². The van der Waals surface area contributed by atoms with Crippen LogP contribution in [0.4, 0.5) is 5.69 Å². The van der Waals surface area contributed by atoms with Gasteiger partial charge in [-0.25, -0.2) is 0 Å². The second kappa shape index (κ2) is 5.38. The Balaban J connectivity index is 2.01. The first-order valence-corrected chi connectivity index (χ1v) is 7.63. The number of anilines is 1. The number of carbonyl (C=O) groups is 1. The molecular weight excluding hydrogens is 298 g/mol. The molecule has 0 saturated carbocycles. The van der Waals surface area contributed by atoms with Crippen molar-refractivity contribution in [2.45, 2.75) is 13.8 Å². The summed E-state index contributed by atoms with van der Waals surface area (Å²) < 4.78 is 1.61. The number of fused-ring (bicyclic) bond motifs is 1. The molecule has 0 spiro atoms. The molecule has 112 valence electrons. The zero-order chi connectivity index (χ0) is 15.9. The number of carbonyl (C=O) groups excluding carboxylic acids is 1. The van der Waals surface area contributed by atoms with Gasteiger partial charge < -0.3 is 5.32 Å². The summed E-state index contributed by atoms with van der Waals surface area (Å²) in [6.07, 6.45) is 0. The normalized spacial score (nSPS) is 10.9. The molecule has 1 N–H and O–H groups in total. The van der Waals surface area contributed by atoms with Crippen LogP contribution >= 0.6 is 11.3 Å². The summed E-state index contributed by atoms with van der Waals surface area (Å²) in [6, 6.07) is 9.02. The number of aromatic nitrogens is 2. The highest BCUT2D eigenvalue weighted by molar-refractivity contribution is 7.12. The average Bonchev–Trinajstić information content (AvgIpc) is 2.73. The van der Waals surface area contributed by atoms with E-state index >= 15 is 0 Å². The summed E-state index contributed by atoms with van der Waals surface area (Å²) in [5.41, 5.74) is 2.32. The van der Waals surface area contributed by atoms with Crippen LogP contribution in [0, 0.1) is 13.8 Å². The lowest BCUT2D eigenvalue weighted by Gasteiger charge is -2.06. The average molecular weight is 313 g/mol. The molecule has 22 heavy (non-hydrogen) atoms. The van der Waals surface area contributed by atoms with Crippen molar-refractivity contribution < 1.29 is 4.79 Å². The Bertz CT molecular complexity index is 940. The number of nitrogens with one attached hydrogen (secondary N) is 1. The molecular formula is C16H15N3O2S. The minimum absolute atomic E-state index is 0.108. The van der Waals surface area contributed by atoms with Gasteiger partial charge in [-0.05, 0) is 31.4 Å². The van der Waals surface area contributed by atoms with Crippen molar-refractivity contribution in [3.8, 4) is 0 Å². The number of hydrogen-bond donors (Lipinski definition) is 1. The Labute approximate surface area is 131 Å². The van der Waals surface area contributed by atoms with Gasteiger partial charge in [0.15, 0.2) is 0 Å². The topological polar surface area (TPSA) is 64.0 Å². The van der Waals surface area contributed by atoms with E-state index in [2.05, 4.69) is 10.4 Å². The molecule has 2 aromatic heterocycles. The molecule has 5 nitrogen and oxygen atoms in total. The van der Waals surface area contributed by atoms with Gasteiger partial charge in [0.1, 0.15) is 0 Å². The van der Waals surface area contributed by atoms with Crippen LogP contribution in [-0.2, 0) is 7.05 Å². The largest absolute Gasteiger partial charge is 0.318 e. The van der Waals surface area contributed by atoms with Gasteiger partial charge in [0.2, 0.25) is 4.74 Å². The Morgan fingerprint density at radius 2 is 2.00 bits per heavy atom. The van der Waals surface area contributed by atoms with Crippen LogP contribution in [0.3, 0.4) is 0 Å². The number of nitrogens with zero attached hydrogens (tertiary/aromatic N) is 2. The zero-order valence-electron chi connectivity index (χ0n) is 12.5. The van der Waals surface area contributed by atoms with Crippen LogP contribution in [0.25, 0.3) is 10.8 Å². The smallest absolute Gasteiger partial charge is 0.265 e. The van der Waals surface area contributed by atoms with E-state index in [-0.39, 0.29) is 10.6 Å². The molecule has 6 heteroatoms. The molecule has 0 atom stereocenters. The predicted octanol–water partition coefficient (Wildman–Crippen LogP) is 2.86. The van der Waals surface area contributed by atoms with Crippen LogP contribution in [0.1, 0.15) is 21.1 Å². The highest BCUT2D eigenvalue weighted by Gasteiger charge is 2.15. The lowest BCUT2D eigenvalue weighted by molar-refractivity contribution is 0.103. The summed E-state index contributed by atoms with van der Waals surface area (Å²) in [4.78, 5) is 25.0. The Morgan fingerprint density at radius 3 is 2.68 bits per heavy atom. The molecule has 1 aromatic carbocycles. The van der Waals surface area contributed by atoms with E-state index in [1.807, 2.05) is 39.1 Å². The van der Waals surface area contributed by atoms with Crippen molar-refractivity contribution in [2.75, 3.05) is 5.32 Å². The number of benzene rings is 1. The lowest BCUT2D eigenvalue weighted by atomic mass is 10.2. The number of amides is 1. The maximum atomic E-state index is 12.4. The van der Waals surface area contributed by atoms with Gasteiger partial charge in [0, 0.05) is 12.4 Å². The first kappa shape index (κ1) is 14.5. The van der Waals surface area contributed by atoms with Crippen LogP contribution in [0.5, 0.6) is 0 Å². The molecule has 0 fully saturated rings. The fourth-order valence-electron chi connectivity index (χ4n) is 2.38. The molecule has 3 rings (SSSR count). The van der Waals surface area contributed by atoms with Crippen molar-refractivity contribution >= 4 is 33.7 Å². The SMILES string of the molecule is Cc1nn(C)c(C)c1NC(=O)c1cc2ccccc2c(=O)s1. The minimum Gasteiger partial charge on any atom is -0.318 e. The molecule has 0 aliphatic carbocycles. The summed E-state index contributed by atoms with van der Waals surface area (Å²) >= 11 is 0.958. The van der Waals surface area contributed by atoms with Gasteiger partial charge in [0.05, 0.1) is 22.0 Å². The summed E-state index contributed by atoms with van der Waals surface area (Å²) in [7, 11) is 1.83. The zero-order valence-corrected chi connectivity index (χ0v) is 13.3. The van der Waals surface area contributed by atoms with Crippen molar-refractivity contribution in [3.63, 3.8) is 0 Å². The maximum Gasteiger partial charge on any atom is 0.265 e. The fraction of sp³-hybridized carbons (Fsp3) is 0.188. The molecule has 1 amide bonds. The van der Waals surface area contributed by atoms with E-state index in [4.69, 9.17) is 0 Å². The predicted molar refractivity (Wildman–Crippen MR) is 88.7 cm³/mol. The van der Waals surface area contributed by atoms with Gasteiger partial charge in [-0.2, -0.15) is 5.10 Å². The second-order valence-corrected chi connectivity index (χ2v) is 6.12. The molecule has 0 unspecified atom stereocenters. The fourth-order valence-corrected chi connectivity index (χ4v) is 3.20. The number of rotatable bonds is 2. The van der Waals surface area contributed by atoms with Crippen molar-refractivity contribution in [1.29, 1.82) is 0 Å². The Kier molecular flexibility index (Phi) is 3.54. The van der Waals surface area contributed by atoms with Gasteiger partial charge >= 0.3 is 0 Å². The van der Waals surface area contributed by atoms with E-state index in [1.165, 1.54) is 0 Å². The summed E-state index contributed by atoms with van der Waals surface area (Å²) in [6.45, 7) is 3.73. The Hall–Kier alpha value is -2.47. The molecule has 0 aliphatic heterocycles. The Morgan fingerprint density at radius 1 is 1.27 bits per heavy atom. The van der Waals surface area contributed by atoms with E-state index in [9.17, 15) is 9.59 Å². The highest BCUT2D eigenvalue weighted by atomic mass is 32.1. The first-order valence-electron chi connectivity index (χ1n) is 6.82. The summed E-state index contributed by atoms with van der Waals surface area (Å²) in [5, 5.41) is 8.54. The van der Waals surface area contributed by atoms with E-state index in [0.29, 0.717) is 16.0 Å². The molecule has 0 saturated heterocycles. The van der Waals surface area contributed by atoms with Gasteiger partial charge in [-0.3, -0.25) is 14.3 Å². The van der Waals surface area contributed by atoms with E-state index in [0.717, 1.165) is 28.1 Å². The molecule has 0 bridgehead atoms. The summed E-state index contributed by atoms with van der Waals surface area (Å²) in [5.74, 6) is -0.285. The van der Waals surface area contributed by atoms with E-state index < -0.39 is 0 Å². The second-order valence-electron chi connectivity index (χ2n) is 5.11. The molecule has 0 aliphatic rings. The van der Waals surface area contributed by atoms with Crippen LogP contribution in [-0.4, -0.2) is 15.7 Å². The standard InChI is InChI=1S/C16H15N3O2S/c1-9-14(10(2)19(3)18-9)17-15(20)13-8-11-6-4-5-7-12(11)16(21)22-13/h4-8H,1-3H3,(H,17,20). The third-order valence-electron chi connectivity index (χ3n) is 3.64. The van der Waals surface area contributed by atoms with Crippen LogP contribution in [0.2, 0.25) is 0 Å². The van der Waals surface area contributed by atoms with E-state index in [1.54, 1.807) is 16.8 Å². The number of aryl methyl sites for hydroxylation is 2. The minimum atomic E-state index is -0.285. The van der Waals surface area contributed by atoms with Crippen molar-refractivity contribution in [2.24, 2.45) is 7.05 Å². The molecule has 0 radical (unpaired) electrons. The van der Waals surface area contributed by atoms with Gasteiger partial charge in [0.25, 0.3) is 5.91 Å². The quantitative estimate of drug-likeness (QED) is 0.791. The lowest BCUT2D eigenvalue weighted by Crippen LogP contribution is -2.14.